The number of hydrogen-bond acceptors (Lipinski definition) is 4. The zero-order chi connectivity index (χ0) is 19.3. The van der Waals surface area contributed by atoms with Gasteiger partial charge in [0.05, 0.1) is 16.8 Å². The molecule has 1 aromatic heterocycles. The van der Waals surface area contributed by atoms with Gasteiger partial charge < -0.3 is 15.4 Å². The molecule has 1 atom stereocenters. The minimum Gasteiger partial charge on any atom is -0.479 e. The Hall–Kier alpha value is -3.41. The molecule has 1 aliphatic heterocycles. The van der Waals surface area contributed by atoms with Crippen molar-refractivity contribution in [3.8, 4) is 5.75 Å². The smallest absolute Gasteiger partial charge is 0.265 e. The predicted octanol–water partition coefficient (Wildman–Crippen LogP) is 4.08. The van der Waals surface area contributed by atoms with Gasteiger partial charge in [0.25, 0.3) is 11.8 Å². The molecule has 6 nitrogen and oxygen atoms in total. The number of amides is 2. The van der Waals surface area contributed by atoms with Crippen molar-refractivity contribution in [1.82, 2.24) is 4.98 Å². The van der Waals surface area contributed by atoms with E-state index in [1.54, 1.807) is 25.1 Å². The molecule has 2 heterocycles. The van der Waals surface area contributed by atoms with Crippen LogP contribution in [0.2, 0.25) is 0 Å². The molecule has 2 aliphatic rings. The molecule has 0 spiro atoms. The van der Waals surface area contributed by atoms with E-state index in [2.05, 4.69) is 10.6 Å². The van der Waals surface area contributed by atoms with Crippen molar-refractivity contribution in [2.24, 2.45) is 0 Å². The Morgan fingerprint density at radius 2 is 2.00 bits per heavy atom. The Kier molecular flexibility index (Phi) is 3.79. The SMILES string of the molecule is CC1Oc2ccc(NC(=O)c3cc(C4CC4)nc4ccccc34)cc2NC1=O. The molecule has 5 rings (SSSR count). The zero-order valence-corrected chi connectivity index (χ0v) is 15.4. The summed E-state index contributed by atoms with van der Waals surface area (Å²) in [4.78, 5) is 29.6. The second kappa shape index (κ2) is 6.34. The highest BCUT2D eigenvalue weighted by molar-refractivity contribution is 6.12. The fourth-order valence-electron chi connectivity index (χ4n) is 3.46. The number of aromatic nitrogens is 1. The Morgan fingerprint density at radius 1 is 1.18 bits per heavy atom. The molecule has 2 N–H and O–H groups in total. The van der Waals surface area contributed by atoms with Crippen LogP contribution in [-0.4, -0.2) is 22.9 Å². The summed E-state index contributed by atoms with van der Waals surface area (Å²) in [5.74, 6) is 0.645. The largest absolute Gasteiger partial charge is 0.479 e. The van der Waals surface area contributed by atoms with Gasteiger partial charge in [-0.1, -0.05) is 18.2 Å². The minimum atomic E-state index is -0.531. The molecule has 140 valence electrons. The van der Waals surface area contributed by atoms with Gasteiger partial charge in [-0.25, -0.2) is 0 Å². The van der Waals surface area contributed by atoms with Crippen LogP contribution in [0.25, 0.3) is 10.9 Å². The first-order valence-electron chi connectivity index (χ1n) is 9.41. The first kappa shape index (κ1) is 16.7. The monoisotopic (exact) mass is 373 g/mol. The number of rotatable bonds is 3. The molecule has 0 radical (unpaired) electrons. The third-order valence-corrected chi connectivity index (χ3v) is 5.14. The molecule has 2 amide bonds. The summed E-state index contributed by atoms with van der Waals surface area (Å²) in [6.07, 6.45) is 1.71. The van der Waals surface area contributed by atoms with Crippen LogP contribution in [0.3, 0.4) is 0 Å². The number of ether oxygens (including phenoxy) is 1. The summed E-state index contributed by atoms with van der Waals surface area (Å²) in [5.41, 5.74) is 3.57. The second-order valence-corrected chi connectivity index (χ2v) is 7.30. The topological polar surface area (TPSA) is 80.3 Å². The van der Waals surface area contributed by atoms with Gasteiger partial charge in [0.1, 0.15) is 5.75 Å². The van der Waals surface area contributed by atoms with E-state index in [1.807, 2.05) is 30.3 Å². The lowest BCUT2D eigenvalue weighted by Gasteiger charge is -2.23. The number of anilines is 2. The highest BCUT2D eigenvalue weighted by Gasteiger charge is 2.27. The number of carbonyl (C=O) groups is 2. The maximum atomic E-state index is 13.1. The molecule has 28 heavy (non-hydrogen) atoms. The van der Waals surface area contributed by atoms with Crippen molar-refractivity contribution in [2.75, 3.05) is 10.6 Å². The number of carbonyl (C=O) groups excluding carboxylic acids is 2. The molecule has 0 bridgehead atoms. The number of benzene rings is 2. The molecule has 1 unspecified atom stereocenters. The minimum absolute atomic E-state index is 0.197. The normalized spacial score (nSPS) is 18.2. The van der Waals surface area contributed by atoms with Crippen molar-refractivity contribution >= 4 is 34.1 Å². The lowest BCUT2D eigenvalue weighted by Crippen LogP contribution is -2.34. The van der Waals surface area contributed by atoms with Crippen molar-refractivity contribution in [1.29, 1.82) is 0 Å². The van der Waals surface area contributed by atoms with E-state index < -0.39 is 6.10 Å². The van der Waals surface area contributed by atoms with E-state index in [4.69, 9.17) is 9.72 Å². The summed E-state index contributed by atoms with van der Waals surface area (Å²) >= 11 is 0. The Balaban J connectivity index is 1.48. The zero-order valence-electron chi connectivity index (χ0n) is 15.4. The van der Waals surface area contributed by atoms with E-state index in [0.717, 1.165) is 29.4 Å². The fraction of sp³-hybridized carbons (Fsp3) is 0.227. The number of fused-ring (bicyclic) bond motifs is 2. The van der Waals surface area contributed by atoms with E-state index >= 15 is 0 Å². The summed E-state index contributed by atoms with van der Waals surface area (Å²) in [5, 5.41) is 6.57. The van der Waals surface area contributed by atoms with Gasteiger partial charge in [0, 0.05) is 22.7 Å². The second-order valence-electron chi connectivity index (χ2n) is 7.30. The summed E-state index contributed by atoms with van der Waals surface area (Å²) < 4.78 is 5.56. The van der Waals surface area contributed by atoms with Crippen molar-refractivity contribution in [2.45, 2.75) is 31.8 Å². The van der Waals surface area contributed by atoms with Gasteiger partial charge in [0.2, 0.25) is 0 Å². The van der Waals surface area contributed by atoms with Gasteiger partial charge >= 0.3 is 0 Å². The molecular weight excluding hydrogens is 354 g/mol. The first-order valence-corrected chi connectivity index (χ1v) is 9.41. The number of nitrogens with one attached hydrogen (secondary N) is 2. The average Bonchev–Trinajstić information content (AvgIpc) is 3.53. The van der Waals surface area contributed by atoms with Crippen LogP contribution in [-0.2, 0) is 4.79 Å². The lowest BCUT2D eigenvalue weighted by atomic mass is 10.1. The number of para-hydroxylation sites is 1. The van der Waals surface area contributed by atoms with E-state index in [-0.39, 0.29) is 11.8 Å². The van der Waals surface area contributed by atoms with E-state index in [1.165, 1.54) is 0 Å². The summed E-state index contributed by atoms with van der Waals surface area (Å²) in [6, 6.07) is 14.8. The molecule has 0 saturated heterocycles. The fourth-order valence-corrected chi connectivity index (χ4v) is 3.46. The third-order valence-electron chi connectivity index (χ3n) is 5.14. The van der Waals surface area contributed by atoms with Crippen LogP contribution >= 0.6 is 0 Å². The average molecular weight is 373 g/mol. The lowest BCUT2D eigenvalue weighted by molar-refractivity contribution is -0.122. The Bertz CT molecular complexity index is 1120. The van der Waals surface area contributed by atoms with Crippen LogP contribution in [0, 0.1) is 0 Å². The molecule has 2 aromatic carbocycles. The van der Waals surface area contributed by atoms with E-state index in [9.17, 15) is 9.59 Å². The van der Waals surface area contributed by atoms with Gasteiger partial charge in [0.15, 0.2) is 6.10 Å². The van der Waals surface area contributed by atoms with Gasteiger partial charge in [-0.15, -0.1) is 0 Å². The van der Waals surface area contributed by atoms with Crippen molar-refractivity contribution in [3.05, 3.63) is 59.8 Å². The molecule has 1 fully saturated rings. The Labute approximate surface area is 161 Å². The van der Waals surface area contributed by atoms with Crippen LogP contribution in [0.1, 0.15) is 41.7 Å². The molecule has 6 heteroatoms. The first-order chi connectivity index (χ1) is 13.6. The predicted molar refractivity (Wildman–Crippen MR) is 107 cm³/mol. The number of nitrogens with zero attached hydrogens (tertiary/aromatic N) is 1. The highest BCUT2D eigenvalue weighted by atomic mass is 16.5. The van der Waals surface area contributed by atoms with E-state index in [0.29, 0.717) is 28.6 Å². The van der Waals surface area contributed by atoms with Crippen molar-refractivity contribution in [3.63, 3.8) is 0 Å². The maximum absolute atomic E-state index is 13.1. The summed E-state index contributed by atoms with van der Waals surface area (Å²) in [7, 11) is 0. The van der Waals surface area contributed by atoms with Gasteiger partial charge in [-0.3, -0.25) is 14.6 Å². The molecule has 3 aromatic rings. The number of pyridine rings is 1. The van der Waals surface area contributed by atoms with Crippen molar-refractivity contribution < 1.29 is 14.3 Å². The highest BCUT2D eigenvalue weighted by Crippen LogP contribution is 2.40. The molecule has 1 saturated carbocycles. The maximum Gasteiger partial charge on any atom is 0.265 e. The van der Waals surface area contributed by atoms with Crippen LogP contribution < -0.4 is 15.4 Å². The molecule has 1 aliphatic carbocycles. The summed E-state index contributed by atoms with van der Waals surface area (Å²) in [6.45, 7) is 1.69. The van der Waals surface area contributed by atoms with Gasteiger partial charge in [-0.2, -0.15) is 0 Å². The van der Waals surface area contributed by atoms with Crippen LogP contribution in [0.5, 0.6) is 5.75 Å². The molecular formula is C22H19N3O3. The number of hydrogen-bond donors (Lipinski definition) is 2. The Morgan fingerprint density at radius 3 is 2.82 bits per heavy atom. The standard InChI is InChI=1S/C22H19N3O3/c1-12-21(26)25-19-10-14(8-9-20(19)28-12)23-22(27)16-11-18(13-6-7-13)24-17-5-3-2-4-15(16)17/h2-5,8-13H,6-7H2,1H3,(H,23,27)(H,25,26). The quantitative estimate of drug-likeness (QED) is 0.725. The third kappa shape index (κ3) is 2.97. The van der Waals surface area contributed by atoms with Crippen LogP contribution in [0.4, 0.5) is 11.4 Å². The van der Waals surface area contributed by atoms with Crippen LogP contribution in [0.15, 0.2) is 48.5 Å². The van der Waals surface area contributed by atoms with Gasteiger partial charge in [-0.05, 0) is 50.1 Å².